The van der Waals surface area contributed by atoms with Crippen LogP contribution >= 0.6 is 0 Å². The Morgan fingerprint density at radius 1 is 1.04 bits per heavy atom. The number of rotatable bonds is 4. The lowest BCUT2D eigenvalue weighted by molar-refractivity contribution is 0.0623. The number of aryl methyl sites for hydroxylation is 1. The minimum absolute atomic E-state index is 0.0905. The van der Waals surface area contributed by atoms with Gasteiger partial charge in [0.25, 0.3) is 5.91 Å². The van der Waals surface area contributed by atoms with Gasteiger partial charge in [-0.3, -0.25) is 9.69 Å². The van der Waals surface area contributed by atoms with Crippen molar-refractivity contribution in [3.05, 3.63) is 71.7 Å². The van der Waals surface area contributed by atoms with Crippen molar-refractivity contribution < 1.29 is 9.21 Å². The van der Waals surface area contributed by atoms with Gasteiger partial charge >= 0.3 is 0 Å². The molecule has 3 heterocycles. The Labute approximate surface area is 153 Å². The van der Waals surface area contributed by atoms with Gasteiger partial charge in [0, 0.05) is 44.5 Å². The van der Waals surface area contributed by atoms with E-state index in [0.29, 0.717) is 5.69 Å². The molecule has 5 nitrogen and oxygen atoms in total. The molecule has 1 aliphatic heterocycles. The van der Waals surface area contributed by atoms with Crippen molar-refractivity contribution in [1.82, 2.24) is 14.8 Å². The molecule has 2 aromatic heterocycles. The summed E-state index contributed by atoms with van der Waals surface area (Å²) in [5, 5.41) is 0. The lowest BCUT2D eigenvalue weighted by atomic mass is 10.1. The molecule has 0 atom stereocenters. The van der Waals surface area contributed by atoms with E-state index < -0.39 is 0 Å². The predicted octanol–water partition coefficient (Wildman–Crippen LogP) is 3.54. The number of H-pyrrole nitrogens is 1. The van der Waals surface area contributed by atoms with Crippen molar-refractivity contribution in [2.45, 2.75) is 13.5 Å². The van der Waals surface area contributed by atoms with Crippen LogP contribution in [0.1, 0.15) is 21.8 Å². The standard InChI is InChI=1S/C21H23N3O2/c1-16-4-9-20(26-16)18-7-5-17(6-8-18)15-23-11-13-24(14-12-23)21(25)19-3-2-10-22-19/h2-10,22H,11-15H2,1H3. The maximum atomic E-state index is 12.4. The van der Waals surface area contributed by atoms with Crippen LogP contribution in [0.2, 0.25) is 0 Å². The van der Waals surface area contributed by atoms with Crippen LogP contribution in [0.15, 0.2) is 59.1 Å². The number of benzene rings is 1. The van der Waals surface area contributed by atoms with Gasteiger partial charge in [-0.15, -0.1) is 0 Å². The number of aromatic nitrogens is 1. The molecule has 1 aliphatic rings. The third-order valence-corrected chi connectivity index (χ3v) is 4.87. The first-order valence-electron chi connectivity index (χ1n) is 9.00. The fraction of sp³-hybridized carbons (Fsp3) is 0.286. The second kappa shape index (κ2) is 7.22. The maximum absolute atomic E-state index is 12.4. The molecular formula is C21H23N3O2. The average Bonchev–Trinajstić information content (AvgIpc) is 3.34. The molecule has 0 spiro atoms. The third kappa shape index (κ3) is 3.58. The Morgan fingerprint density at radius 2 is 1.81 bits per heavy atom. The second-order valence-corrected chi connectivity index (χ2v) is 6.76. The van der Waals surface area contributed by atoms with E-state index in [-0.39, 0.29) is 5.91 Å². The molecule has 0 radical (unpaired) electrons. The Hall–Kier alpha value is -2.79. The Morgan fingerprint density at radius 3 is 2.42 bits per heavy atom. The molecule has 1 amide bonds. The number of amides is 1. The molecule has 0 aliphatic carbocycles. The maximum Gasteiger partial charge on any atom is 0.270 e. The summed E-state index contributed by atoms with van der Waals surface area (Å²) in [5.74, 6) is 1.93. The van der Waals surface area contributed by atoms with Crippen molar-refractivity contribution >= 4 is 5.91 Å². The molecular weight excluding hydrogens is 326 g/mol. The second-order valence-electron chi connectivity index (χ2n) is 6.76. The van der Waals surface area contributed by atoms with E-state index in [0.717, 1.165) is 49.8 Å². The average molecular weight is 349 g/mol. The predicted molar refractivity (Wildman–Crippen MR) is 101 cm³/mol. The number of carbonyl (C=O) groups is 1. The first kappa shape index (κ1) is 16.7. The SMILES string of the molecule is Cc1ccc(-c2ccc(CN3CCN(C(=O)c4ccc[nH]4)CC3)cc2)o1. The van der Waals surface area contributed by atoms with Crippen LogP contribution in [-0.4, -0.2) is 46.9 Å². The number of carbonyl (C=O) groups excluding carboxylic acids is 1. The minimum atomic E-state index is 0.0905. The number of nitrogens with zero attached hydrogens (tertiary/aromatic N) is 2. The minimum Gasteiger partial charge on any atom is -0.461 e. The number of piperazine rings is 1. The van der Waals surface area contributed by atoms with E-state index in [2.05, 4.69) is 34.1 Å². The molecule has 0 unspecified atom stereocenters. The van der Waals surface area contributed by atoms with Gasteiger partial charge in [-0.1, -0.05) is 24.3 Å². The van der Waals surface area contributed by atoms with Gasteiger partial charge in [-0.2, -0.15) is 0 Å². The highest BCUT2D eigenvalue weighted by molar-refractivity contribution is 5.92. The smallest absolute Gasteiger partial charge is 0.270 e. The zero-order chi connectivity index (χ0) is 17.9. The van der Waals surface area contributed by atoms with E-state index >= 15 is 0 Å². The molecule has 5 heteroatoms. The summed E-state index contributed by atoms with van der Waals surface area (Å²) in [5.41, 5.74) is 3.05. The van der Waals surface area contributed by atoms with Crippen molar-refractivity contribution in [1.29, 1.82) is 0 Å². The van der Waals surface area contributed by atoms with Gasteiger partial charge in [-0.25, -0.2) is 0 Å². The van der Waals surface area contributed by atoms with E-state index in [4.69, 9.17) is 4.42 Å². The van der Waals surface area contributed by atoms with Crippen LogP contribution < -0.4 is 0 Å². The monoisotopic (exact) mass is 349 g/mol. The Kier molecular flexibility index (Phi) is 4.63. The van der Waals surface area contributed by atoms with Crippen molar-refractivity contribution in [2.24, 2.45) is 0 Å². The fourth-order valence-electron chi connectivity index (χ4n) is 3.37. The fourth-order valence-corrected chi connectivity index (χ4v) is 3.37. The van der Waals surface area contributed by atoms with Crippen LogP contribution in [0.3, 0.4) is 0 Å². The summed E-state index contributed by atoms with van der Waals surface area (Å²) in [6.45, 7) is 6.18. The summed E-state index contributed by atoms with van der Waals surface area (Å²) in [6.07, 6.45) is 1.79. The van der Waals surface area contributed by atoms with Gasteiger partial charge in [0.2, 0.25) is 0 Å². The van der Waals surface area contributed by atoms with Gasteiger partial charge in [0.1, 0.15) is 17.2 Å². The van der Waals surface area contributed by atoms with Crippen molar-refractivity contribution in [2.75, 3.05) is 26.2 Å². The topological polar surface area (TPSA) is 52.5 Å². The number of aromatic amines is 1. The lowest BCUT2D eigenvalue weighted by Gasteiger charge is -2.34. The van der Waals surface area contributed by atoms with Crippen LogP contribution in [0.25, 0.3) is 11.3 Å². The van der Waals surface area contributed by atoms with E-state index in [1.54, 1.807) is 6.20 Å². The van der Waals surface area contributed by atoms with Crippen LogP contribution in [0.5, 0.6) is 0 Å². The molecule has 1 aromatic carbocycles. The Bertz CT molecular complexity index is 857. The first-order chi connectivity index (χ1) is 12.7. The third-order valence-electron chi connectivity index (χ3n) is 4.87. The summed E-state index contributed by atoms with van der Waals surface area (Å²) >= 11 is 0. The Balaban J connectivity index is 1.32. The molecule has 134 valence electrons. The lowest BCUT2D eigenvalue weighted by Crippen LogP contribution is -2.48. The molecule has 26 heavy (non-hydrogen) atoms. The van der Waals surface area contributed by atoms with Gasteiger partial charge in [0.05, 0.1) is 0 Å². The van der Waals surface area contributed by atoms with Crippen molar-refractivity contribution in [3.63, 3.8) is 0 Å². The molecule has 1 N–H and O–H groups in total. The highest BCUT2D eigenvalue weighted by Crippen LogP contribution is 2.22. The van der Waals surface area contributed by atoms with Gasteiger partial charge in [-0.05, 0) is 36.8 Å². The van der Waals surface area contributed by atoms with Crippen molar-refractivity contribution in [3.8, 4) is 11.3 Å². The highest BCUT2D eigenvalue weighted by Gasteiger charge is 2.22. The quantitative estimate of drug-likeness (QED) is 0.784. The van der Waals surface area contributed by atoms with Gasteiger partial charge < -0.3 is 14.3 Å². The number of nitrogens with one attached hydrogen (secondary N) is 1. The first-order valence-corrected chi connectivity index (χ1v) is 9.00. The van der Waals surface area contributed by atoms with E-state index in [1.807, 2.05) is 36.1 Å². The molecule has 0 bridgehead atoms. The largest absolute Gasteiger partial charge is 0.461 e. The summed E-state index contributed by atoms with van der Waals surface area (Å²) in [6, 6.07) is 16.2. The van der Waals surface area contributed by atoms with Crippen LogP contribution in [-0.2, 0) is 6.54 Å². The number of furan rings is 1. The zero-order valence-corrected chi connectivity index (χ0v) is 14.9. The highest BCUT2D eigenvalue weighted by atomic mass is 16.3. The van der Waals surface area contributed by atoms with E-state index in [9.17, 15) is 4.79 Å². The summed E-state index contributed by atoms with van der Waals surface area (Å²) < 4.78 is 5.67. The summed E-state index contributed by atoms with van der Waals surface area (Å²) in [4.78, 5) is 19.7. The molecule has 1 saturated heterocycles. The van der Waals surface area contributed by atoms with Crippen LogP contribution in [0, 0.1) is 6.92 Å². The molecule has 1 fully saturated rings. The summed E-state index contributed by atoms with van der Waals surface area (Å²) in [7, 11) is 0. The molecule has 3 aromatic rings. The molecule has 4 rings (SSSR count). The van der Waals surface area contributed by atoms with E-state index in [1.165, 1.54) is 5.56 Å². The van der Waals surface area contributed by atoms with Gasteiger partial charge in [0.15, 0.2) is 0 Å². The zero-order valence-electron chi connectivity index (χ0n) is 14.9. The number of hydrogen-bond donors (Lipinski definition) is 1. The number of hydrogen-bond acceptors (Lipinski definition) is 3. The van der Waals surface area contributed by atoms with Crippen LogP contribution in [0.4, 0.5) is 0 Å². The normalized spacial score (nSPS) is 15.3. The molecule has 0 saturated carbocycles.